The van der Waals surface area contributed by atoms with Crippen molar-refractivity contribution >= 4 is 5.97 Å². The van der Waals surface area contributed by atoms with E-state index in [1.54, 1.807) is 0 Å². The summed E-state index contributed by atoms with van der Waals surface area (Å²) < 4.78 is 0. The first-order valence-corrected chi connectivity index (χ1v) is 8.05. The molecule has 0 spiro atoms. The normalized spacial score (nSPS) is 19.5. The summed E-state index contributed by atoms with van der Waals surface area (Å²) in [5.74, 6) is 0.916. The van der Waals surface area contributed by atoms with Crippen molar-refractivity contribution in [1.29, 1.82) is 0 Å². The van der Waals surface area contributed by atoms with Crippen molar-refractivity contribution in [3.63, 3.8) is 0 Å². The number of carboxylic acids is 1. The highest BCUT2D eigenvalue weighted by molar-refractivity contribution is 5.67. The van der Waals surface area contributed by atoms with Crippen LogP contribution >= 0.6 is 0 Å². The first-order chi connectivity index (χ1) is 9.08. The van der Waals surface area contributed by atoms with Gasteiger partial charge >= 0.3 is 5.97 Å². The van der Waals surface area contributed by atoms with Crippen molar-refractivity contribution in [2.45, 2.75) is 83.6 Å². The van der Waals surface area contributed by atoms with Crippen LogP contribution in [0.15, 0.2) is 0 Å². The molecule has 3 nitrogen and oxygen atoms in total. The Balaban J connectivity index is 1.95. The van der Waals surface area contributed by atoms with Gasteiger partial charge in [-0.15, -0.1) is 0 Å². The Morgan fingerprint density at radius 3 is 2.53 bits per heavy atom. The topological polar surface area (TPSA) is 63.3 Å². The van der Waals surface area contributed by atoms with Crippen LogP contribution < -0.4 is 5.73 Å². The fourth-order valence-corrected chi connectivity index (χ4v) is 3.19. The highest BCUT2D eigenvalue weighted by atomic mass is 16.4. The van der Waals surface area contributed by atoms with Crippen molar-refractivity contribution in [2.75, 3.05) is 0 Å². The molecule has 19 heavy (non-hydrogen) atoms. The molecule has 1 aliphatic rings. The first kappa shape index (κ1) is 16.5. The van der Waals surface area contributed by atoms with Crippen LogP contribution in [0.1, 0.15) is 77.6 Å². The molecule has 0 aromatic heterocycles. The Morgan fingerprint density at radius 2 is 1.89 bits per heavy atom. The summed E-state index contributed by atoms with van der Waals surface area (Å²) in [6.07, 6.45) is 13.2. The summed E-state index contributed by atoms with van der Waals surface area (Å²) in [5.41, 5.74) is 5.78. The molecule has 0 aliphatic heterocycles. The quantitative estimate of drug-likeness (QED) is 0.590. The van der Waals surface area contributed by atoms with E-state index in [0.29, 0.717) is 5.92 Å². The highest BCUT2D eigenvalue weighted by Gasteiger charge is 2.14. The minimum Gasteiger partial charge on any atom is -0.481 e. The van der Waals surface area contributed by atoms with Crippen LogP contribution in [0, 0.1) is 11.8 Å². The van der Waals surface area contributed by atoms with E-state index in [1.807, 2.05) is 0 Å². The molecule has 0 radical (unpaired) electrons. The van der Waals surface area contributed by atoms with Gasteiger partial charge in [0.25, 0.3) is 0 Å². The average Bonchev–Trinajstić information content (AvgIpc) is 2.84. The first-order valence-electron chi connectivity index (χ1n) is 8.05. The maximum absolute atomic E-state index is 10.5. The van der Waals surface area contributed by atoms with Crippen LogP contribution in [0.3, 0.4) is 0 Å². The zero-order valence-electron chi connectivity index (χ0n) is 12.4. The van der Waals surface area contributed by atoms with Crippen LogP contribution in [0.2, 0.25) is 0 Å². The van der Waals surface area contributed by atoms with Gasteiger partial charge in [-0.2, -0.15) is 0 Å². The second-order valence-electron chi connectivity index (χ2n) is 6.48. The number of aliphatic carboxylic acids is 1. The number of carboxylic acid groups (broad SMARTS) is 1. The van der Waals surface area contributed by atoms with Crippen LogP contribution in [-0.2, 0) is 4.79 Å². The molecular weight excluding hydrogens is 238 g/mol. The molecule has 3 heteroatoms. The standard InChI is InChI=1S/C16H31NO2/c1-13(10-11-15(17)12-16(18)19)6-2-3-7-14-8-4-5-9-14/h13-15H,2-12,17H2,1H3,(H,18,19)/t13-,15+/m1/s1. The van der Waals surface area contributed by atoms with Gasteiger partial charge in [0.1, 0.15) is 0 Å². The van der Waals surface area contributed by atoms with Crippen molar-refractivity contribution in [1.82, 2.24) is 0 Å². The molecule has 0 saturated heterocycles. The van der Waals surface area contributed by atoms with Gasteiger partial charge in [0, 0.05) is 6.04 Å². The van der Waals surface area contributed by atoms with Gasteiger partial charge in [-0.1, -0.05) is 58.3 Å². The van der Waals surface area contributed by atoms with E-state index in [9.17, 15) is 4.79 Å². The maximum atomic E-state index is 10.5. The van der Waals surface area contributed by atoms with Crippen LogP contribution in [0.4, 0.5) is 0 Å². The monoisotopic (exact) mass is 269 g/mol. The molecule has 1 aliphatic carbocycles. The minimum absolute atomic E-state index is 0.106. The lowest BCUT2D eigenvalue weighted by molar-refractivity contribution is -0.137. The summed E-state index contributed by atoms with van der Waals surface area (Å²) in [7, 11) is 0. The predicted octanol–water partition coefficient (Wildman–Crippen LogP) is 3.96. The van der Waals surface area contributed by atoms with Crippen LogP contribution in [0.5, 0.6) is 0 Å². The van der Waals surface area contributed by atoms with E-state index in [2.05, 4.69) is 6.92 Å². The number of rotatable bonds is 10. The number of carbonyl (C=O) groups is 1. The number of hydrogen-bond acceptors (Lipinski definition) is 2. The Morgan fingerprint density at radius 1 is 1.21 bits per heavy atom. The van der Waals surface area contributed by atoms with Crippen molar-refractivity contribution in [3.8, 4) is 0 Å². The Hall–Kier alpha value is -0.570. The minimum atomic E-state index is -0.781. The van der Waals surface area contributed by atoms with E-state index in [1.165, 1.54) is 51.4 Å². The van der Waals surface area contributed by atoms with E-state index in [0.717, 1.165) is 18.8 Å². The molecule has 1 fully saturated rings. The molecule has 0 heterocycles. The number of unbranched alkanes of at least 4 members (excludes halogenated alkanes) is 1. The third-order valence-electron chi connectivity index (χ3n) is 4.50. The van der Waals surface area contributed by atoms with E-state index >= 15 is 0 Å². The van der Waals surface area contributed by atoms with E-state index in [-0.39, 0.29) is 12.5 Å². The van der Waals surface area contributed by atoms with Gasteiger partial charge in [0.2, 0.25) is 0 Å². The van der Waals surface area contributed by atoms with Gasteiger partial charge in [-0.25, -0.2) is 0 Å². The molecule has 112 valence electrons. The van der Waals surface area contributed by atoms with Gasteiger partial charge in [-0.3, -0.25) is 4.79 Å². The molecule has 0 bridgehead atoms. The third kappa shape index (κ3) is 8.25. The molecule has 3 N–H and O–H groups in total. The maximum Gasteiger partial charge on any atom is 0.304 e. The smallest absolute Gasteiger partial charge is 0.304 e. The molecule has 0 unspecified atom stereocenters. The Bertz CT molecular complexity index is 249. The van der Waals surface area contributed by atoms with E-state index in [4.69, 9.17) is 10.8 Å². The molecule has 0 amide bonds. The fourth-order valence-electron chi connectivity index (χ4n) is 3.19. The highest BCUT2D eigenvalue weighted by Crippen LogP contribution is 2.29. The molecular formula is C16H31NO2. The summed E-state index contributed by atoms with van der Waals surface area (Å²) in [6.45, 7) is 2.27. The van der Waals surface area contributed by atoms with E-state index < -0.39 is 5.97 Å². The fraction of sp³-hybridized carbons (Fsp3) is 0.938. The second kappa shape index (κ2) is 9.35. The Labute approximate surface area is 118 Å². The van der Waals surface area contributed by atoms with Crippen LogP contribution in [0.25, 0.3) is 0 Å². The number of nitrogens with two attached hydrogens (primary N) is 1. The zero-order chi connectivity index (χ0) is 14.1. The van der Waals surface area contributed by atoms with Gasteiger partial charge in [-0.05, 0) is 24.7 Å². The van der Waals surface area contributed by atoms with Crippen LogP contribution in [-0.4, -0.2) is 17.1 Å². The van der Waals surface area contributed by atoms with Crippen molar-refractivity contribution in [2.24, 2.45) is 17.6 Å². The molecule has 0 aromatic rings. The van der Waals surface area contributed by atoms with Crippen molar-refractivity contribution < 1.29 is 9.90 Å². The van der Waals surface area contributed by atoms with Gasteiger partial charge < -0.3 is 10.8 Å². The second-order valence-corrected chi connectivity index (χ2v) is 6.48. The summed E-state index contributed by atoms with van der Waals surface area (Å²) in [4.78, 5) is 10.5. The lowest BCUT2D eigenvalue weighted by atomic mass is 9.93. The van der Waals surface area contributed by atoms with Crippen molar-refractivity contribution in [3.05, 3.63) is 0 Å². The largest absolute Gasteiger partial charge is 0.481 e. The molecule has 1 saturated carbocycles. The Kier molecular flexibility index (Phi) is 8.11. The molecule has 1 rings (SSSR count). The zero-order valence-corrected chi connectivity index (χ0v) is 12.4. The third-order valence-corrected chi connectivity index (χ3v) is 4.50. The molecule has 2 atom stereocenters. The SMILES string of the molecule is C[C@H](CCCCC1CCCC1)CC[C@H](N)CC(=O)O. The summed E-state index contributed by atoms with van der Waals surface area (Å²) >= 11 is 0. The number of hydrogen-bond donors (Lipinski definition) is 2. The van der Waals surface area contributed by atoms with Gasteiger partial charge in [0.05, 0.1) is 6.42 Å². The summed E-state index contributed by atoms with van der Waals surface area (Å²) in [5, 5.41) is 8.65. The average molecular weight is 269 g/mol. The molecule has 0 aromatic carbocycles. The summed E-state index contributed by atoms with van der Waals surface area (Å²) in [6, 6.07) is -0.168. The lowest BCUT2D eigenvalue weighted by Gasteiger charge is -2.15. The predicted molar refractivity (Wildman–Crippen MR) is 79.1 cm³/mol. The van der Waals surface area contributed by atoms with Gasteiger partial charge in [0.15, 0.2) is 0 Å². The lowest BCUT2D eigenvalue weighted by Crippen LogP contribution is -2.24.